The number of carbonyl (C=O) groups is 1. The molecule has 5 heteroatoms. The highest BCUT2D eigenvalue weighted by atomic mass is 32.1. The molecule has 0 aliphatic carbocycles. The maximum absolute atomic E-state index is 12.1. The Morgan fingerprint density at radius 2 is 2.05 bits per heavy atom. The predicted molar refractivity (Wildman–Crippen MR) is 91.2 cm³/mol. The third kappa shape index (κ3) is 4.32. The van der Waals surface area contributed by atoms with E-state index in [9.17, 15) is 9.90 Å². The van der Waals surface area contributed by atoms with Crippen molar-refractivity contribution in [1.82, 2.24) is 5.32 Å². The van der Waals surface area contributed by atoms with Crippen LogP contribution in [0.4, 0.5) is 5.69 Å². The van der Waals surface area contributed by atoms with Gasteiger partial charge in [0.2, 0.25) is 5.91 Å². The summed E-state index contributed by atoms with van der Waals surface area (Å²) in [5.41, 5.74) is 0.803. The van der Waals surface area contributed by atoms with E-state index in [0.29, 0.717) is 0 Å². The summed E-state index contributed by atoms with van der Waals surface area (Å²) in [6, 6.07) is 11.7. The zero-order valence-electron chi connectivity index (χ0n) is 13.0. The normalized spacial score (nSPS) is 13.4. The van der Waals surface area contributed by atoms with E-state index in [1.54, 1.807) is 6.92 Å². The van der Waals surface area contributed by atoms with Crippen LogP contribution in [0, 0.1) is 0 Å². The second-order valence-corrected chi connectivity index (χ2v) is 6.19. The fraction of sp³-hybridized carbons (Fsp3) is 0.353. The van der Waals surface area contributed by atoms with Crippen molar-refractivity contribution in [2.24, 2.45) is 0 Å². The summed E-state index contributed by atoms with van der Waals surface area (Å²) in [5.74, 6) is -0.0961. The first-order chi connectivity index (χ1) is 10.5. The third-order valence-electron chi connectivity index (χ3n) is 3.61. The summed E-state index contributed by atoms with van der Waals surface area (Å²) in [7, 11) is 0. The van der Waals surface area contributed by atoms with Crippen LogP contribution in [0.5, 0.6) is 0 Å². The molecule has 0 spiro atoms. The average Bonchev–Trinajstić information content (AvgIpc) is 3.07. The lowest BCUT2D eigenvalue weighted by Crippen LogP contribution is -2.43. The highest BCUT2D eigenvalue weighted by molar-refractivity contribution is 7.08. The van der Waals surface area contributed by atoms with E-state index in [4.69, 9.17) is 0 Å². The number of likely N-dealkylation sites (N-methyl/N-ethyl adjacent to an activating group) is 1. The molecule has 1 aromatic heterocycles. The van der Waals surface area contributed by atoms with E-state index in [2.05, 4.69) is 5.32 Å². The van der Waals surface area contributed by atoms with Crippen molar-refractivity contribution in [3.05, 3.63) is 52.7 Å². The molecule has 2 rings (SSSR count). The van der Waals surface area contributed by atoms with Gasteiger partial charge in [0.1, 0.15) is 5.60 Å². The number of amides is 1. The van der Waals surface area contributed by atoms with Gasteiger partial charge in [0.15, 0.2) is 0 Å². The molecule has 0 radical (unpaired) electrons. The minimum absolute atomic E-state index is 0.0961. The van der Waals surface area contributed by atoms with E-state index >= 15 is 0 Å². The van der Waals surface area contributed by atoms with Crippen molar-refractivity contribution in [2.75, 3.05) is 24.5 Å². The van der Waals surface area contributed by atoms with E-state index < -0.39 is 5.60 Å². The zero-order chi connectivity index (χ0) is 16.0. The molecule has 1 atom stereocenters. The van der Waals surface area contributed by atoms with E-state index in [0.717, 1.165) is 17.8 Å². The molecule has 0 aliphatic heterocycles. The Balaban J connectivity index is 1.90. The first-order valence-electron chi connectivity index (χ1n) is 7.34. The number of rotatable bonds is 7. The number of benzene rings is 1. The molecule has 1 aromatic carbocycles. The highest BCUT2D eigenvalue weighted by Gasteiger charge is 2.24. The molecule has 1 unspecified atom stereocenters. The number of thiophene rings is 1. The lowest BCUT2D eigenvalue weighted by atomic mass is 9.99. The lowest BCUT2D eigenvalue weighted by Gasteiger charge is -2.25. The van der Waals surface area contributed by atoms with Gasteiger partial charge in [-0.25, -0.2) is 0 Å². The minimum atomic E-state index is -1.04. The summed E-state index contributed by atoms with van der Waals surface area (Å²) < 4.78 is 0. The Labute approximate surface area is 135 Å². The van der Waals surface area contributed by atoms with Crippen LogP contribution in [0.1, 0.15) is 19.4 Å². The number of hydrogen-bond acceptors (Lipinski definition) is 4. The monoisotopic (exact) mass is 318 g/mol. The number of carbonyl (C=O) groups excluding carboxylic acids is 1. The Kier molecular flexibility index (Phi) is 5.57. The van der Waals surface area contributed by atoms with Crippen LogP contribution in [-0.2, 0) is 10.4 Å². The van der Waals surface area contributed by atoms with Crippen LogP contribution >= 0.6 is 11.3 Å². The van der Waals surface area contributed by atoms with Crippen LogP contribution < -0.4 is 10.2 Å². The molecular formula is C17H22N2O2S. The topological polar surface area (TPSA) is 52.6 Å². The second-order valence-electron chi connectivity index (χ2n) is 5.41. The molecule has 1 amide bonds. The minimum Gasteiger partial charge on any atom is -0.384 e. The number of anilines is 1. The molecule has 2 aromatic rings. The van der Waals surface area contributed by atoms with Gasteiger partial charge in [-0.1, -0.05) is 18.2 Å². The molecular weight excluding hydrogens is 296 g/mol. The maximum atomic E-state index is 12.1. The Hall–Kier alpha value is -1.85. The maximum Gasteiger partial charge on any atom is 0.239 e. The van der Waals surface area contributed by atoms with E-state index in [-0.39, 0.29) is 19.0 Å². The van der Waals surface area contributed by atoms with Crippen LogP contribution in [0.2, 0.25) is 0 Å². The molecule has 22 heavy (non-hydrogen) atoms. The largest absolute Gasteiger partial charge is 0.384 e. The molecule has 0 fully saturated rings. The van der Waals surface area contributed by atoms with Crippen LogP contribution in [0.25, 0.3) is 0 Å². The average molecular weight is 318 g/mol. The fourth-order valence-electron chi connectivity index (χ4n) is 2.20. The fourth-order valence-corrected chi connectivity index (χ4v) is 2.98. The van der Waals surface area contributed by atoms with Crippen LogP contribution in [0.3, 0.4) is 0 Å². The molecule has 0 bridgehead atoms. The van der Waals surface area contributed by atoms with Crippen molar-refractivity contribution in [1.29, 1.82) is 0 Å². The molecule has 4 nitrogen and oxygen atoms in total. The number of aliphatic hydroxyl groups is 1. The van der Waals surface area contributed by atoms with Gasteiger partial charge < -0.3 is 15.3 Å². The molecule has 0 saturated carbocycles. The number of nitrogens with one attached hydrogen (secondary N) is 1. The van der Waals surface area contributed by atoms with Crippen LogP contribution in [0.15, 0.2) is 47.2 Å². The van der Waals surface area contributed by atoms with E-state index in [1.165, 1.54) is 11.3 Å². The van der Waals surface area contributed by atoms with Crippen molar-refractivity contribution < 1.29 is 9.90 Å². The molecule has 2 N–H and O–H groups in total. The van der Waals surface area contributed by atoms with Gasteiger partial charge in [-0.15, -0.1) is 0 Å². The van der Waals surface area contributed by atoms with Gasteiger partial charge >= 0.3 is 0 Å². The first-order valence-corrected chi connectivity index (χ1v) is 8.29. The van der Waals surface area contributed by atoms with Gasteiger partial charge in [-0.05, 0) is 48.4 Å². The molecule has 118 valence electrons. The Morgan fingerprint density at radius 1 is 1.32 bits per heavy atom. The predicted octanol–water partition coefficient (Wildman–Crippen LogP) is 2.60. The summed E-state index contributed by atoms with van der Waals surface area (Å²) >= 11 is 1.53. The van der Waals surface area contributed by atoms with E-state index in [1.807, 2.05) is 59.0 Å². The molecule has 0 aliphatic rings. The smallest absolute Gasteiger partial charge is 0.239 e. The summed E-state index contributed by atoms with van der Waals surface area (Å²) in [6.45, 7) is 4.96. The number of nitrogens with zero attached hydrogens (tertiary/aromatic N) is 1. The summed E-state index contributed by atoms with van der Waals surface area (Å²) in [6.07, 6.45) is 0. The number of para-hydroxylation sites is 1. The van der Waals surface area contributed by atoms with Crippen molar-refractivity contribution in [3.63, 3.8) is 0 Å². The quantitative estimate of drug-likeness (QED) is 0.825. The highest BCUT2D eigenvalue weighted by Crippen LogP contribution is 2.22. The summed E-state index contributed by atoms with van der Waals surface area (Å²) in [5, 5.41) is 17.0. The van der Waals surface area contributed by atoms with Gasteiger partial charge in [-0.2, -0.15) is 11.3 Å². The van der Waals surface area contributed by atoms with Crippen LogP contribution in [-0.4, -0.2) is 30.6 Å². The number of hydrogen-bond donors (Lipinski definition) is 2. The van der Waals surface area contributed by atoms with Crippen molar-refractivity contribution in [3.8, 4) is 0 Å². The zero-order valence-corrected chi connectivity index (χ0v) is 13.8. The molecule has 1 heterocycles. The van der Waals surface area contributed by atoms with Crippen molar-refractivity contribution >= 4 is 22.9 Å². The SMILES string of the molecule is CCN(CC(=O)NCC(C)(O)c1ccsc1)c1ccccc1. The lowest BCUT2D eigenvalue weighted by molar-refractivity contribution is -0.121. The first kappa shape index (κ1) is 16.5. The Morgan fingerprint density at radius 3 is 2.64 bits per heavy atom. The van der Waals surface area contributed by atoms with Gasteiger partial charge in [-0.3, -0.25) is 4.79 Å². The third-order valence-corrected chi connectivity index (χ3v) is 4.29. The van der Waals surface area contributed by atoms with Crippen molar-refractivity contribution in [2.45, 2.75) is 19.4 Å². The van der Waals surface area contributed by atoms with Gasteiger partial charge in [0, 0.05) is 12.2 Å². The summed E-state index contributed by atoms with van der Waals surface area (Å²) in [4.78, 5) is 14.1. The standard InChI is InChI=1S/C17H22N2O2S/c1-3-19(15-7-5-4-6-8-15)11-16(20)18-13-17(2,21)14-9-10-22-12-14/h4-10,12,21H,3,11,13H2,1-2H3,(H,18,20). The second kappa shape index (κ2) is 7.42. The molecule has 0 saturated heterocycles. The Bertz CT molecular complexity index is 582. The van der Waals surface area contributed by atoms with Gasteiger partial charge in [0.05, 0.1) is 13.1 Å². The van der Waals surface area contributed by atoms with Gasteiger partial charge in [0.25, 0.3) is 0 Å².